The van der Waals surface area contributed by atoms with Crippen molar-refractivity contribution < 1.29 is 19.4 Å². The molecule has 1 N–H and O–H groups in total. The molecular weight excluding hydrogens is 260 g/mol. The van der Waals surface area contributed by atoms with Gasteiger partial charge in [0.1, 0.15) is 17.1 Å². The van der Waals surface area contributed by atoms with Crippen molar-refractivity contribution in [3.05, 3.63) is 35.2 Å². The van der Waals surface area contributed by atoms with Crippen LogP contribution >= 0.6 is 0 Å². The number of carboxylic acids is 1. The molecule has 6 nitrogen and oxygen atoms in total. The number of hydrogen-bond donors (Lipinski definition) is 1. The standard InChI is InChI=1S/C14H16N2O4/c1-8-13(20-4)9(2)16(15-8)11-6-5-10(14(17)18)7-12(11)19-3/h5-7H,1-4H3,(H,17,18). The summed E-state index contributed by atoms with van der Waals surface area (Å²) in [6.45, 7) is 3.73. The minimum atomic E-state index is -0.999. The molecule has 0 fully saturated rings. The first kappa shape index (κ1) is 13.9. The minimum Gasteiger partial charge on any atom is -0.494 e. The van der Waals surface area contributed by atoms with Gasteiger partial charge in [0, 0.05) is 0 Å². The quantitative estimate of drug-likeness (QED) is 0.926. The van der Waals surface area contributed by atoms with Crippen molar-refractivity contribution >= 4 is 5.97 Å². The molecule has 0 amide bonds. The second-order valence-electron chi connectivity index (χ2n) is 4.31. The number of ether oxygens (including phenoxy) is 2. The number of methoxy groups -OCH3 is 2. The van der Waals surface area contributed by atoms with Crippen LogP contribution in [-0.4, -0.2) is 35.1 Å². The Hall–Kier alpha value is -2.50. The number of carbonyl (C=O) groups is 1. The molecule has 0 aliphatic carbocycles. The SMILES string of the molecule is COc1cc(C(=O)O)ccc1-n1nc(C)c(OC)c1C. The average Bonchev–Trinajstić information content (AvgIpc) is 2.72. The van der Waals surface area contributed by atoms with E-state index in [2.05, 4.69) is 5.10 Å². The van der Waals surface area contributed by atoms with Crippen molar-refractivity contribution in [1.82, 2.24) is 9.78 Å². The van der Waals surface area contributed by atoms with E-state index in [4.69, 9.17) is 14.6 Å². The zero-order valence-electron chi connectivity index (χ0n) is 11.8. The Bertz CT molecular complexity index is 661. The average molecular weight is 276 g/mol. The Morgan fingerprint density at radius 1 is 1.25 bits per heavy atom. The normalized spacial score (nSPS) is 10.4. The highest BCUT2D eigenvalue weighted by Gasteiger charge is 2.17. The molecule has 1 heterocycles. The fourth-order valence-electron chi connectivity index (χ4n) is 2.14. The van der Waals surface area contributed by atoms with Gasteiger partial charge in [0.2, 0.25) is 0 Å². The van der Waals surface area contributed by atoms with Gasteiger partial charge in [0.25, 0.3) is 0 Å². The maximum atomic E-state index is 11.0. The Morgan fingerprint density at radius 3 is 2.45 bits per heavy atom. The molecule has 0 radical (unpaired) electrons. The molecule has 0 spiro atoms. The van der Waals surface area contributed by atoms with Gasteiger partial charge >= 0.3 is 5.97 Å². The van der Waals surface area contributed by atoms with Gasteiger partial charge in [-0.1, -0.05) is 0 Å². The van der Waals surface area contributed by atoms with Gasteiger partial charge in [-0.05, 0) is 32.0 Å². The van der Waals surface area contributed by atoms with Crippen LogP contribution in [-0.2, 0) is 0 Å². The van der Waals surface area contributed by atoms with Crippen LogP contribution in [0.5, 0.6) is 11.5 Å². The summed E-state index contributed by atoms with van der Waals surface area (Å²) in [7, 11) is 3.08. The molecule has 2 rings (SSSR count). The second-order valence-corrected chi connectivity index (χ2v) is 4.31. The summed E-state index contributed by atoms with van der Waals surface area (Å²) >= 11 is 0. The zero-order valence-corrected chi connectivity index (χ0v) is 11.8. The summed E-state index contributed by atoms with van der Waals surface area (Å²) in [5.74, 6) is 0.147. The molecule has 106 valence electrons. The molecule has 1 aromatic heterocycles. The van der Waals surface area contributed by atoms with E-state index in [1.165, 1.54) is 19.2 Å². The molecule has 0 aliphatic heterocycles. The molecule has 0 saturated carbocycles. The van der Waals surface area contributed by atoms with E-state index in [0.717, 1.165) is 11.4 Å². The van der Waals surface area contributed by atoms with Crippen LogP contribution in [0.15, 0.2) is 18.2 Å². The maximum Gasteiger partial charge on any atom is 0.335 e. The highest BCUT2D eigenvalue weighted by Crippen LogP contribution is 2.30. The maximum absolute atomic E-state index is 11.0. The van der Waals surface area contributed by atoms with Crippen molar-refractivity contribution in [2.75, 3.05) is 14.2 Å². The van der Waals surface area contributed by atoms with E-state index in [0.29, 0.717) is 17.2 Å². The zero-order chi connectivity index (χ0) is 14.9. The molecule has 2 aromatic rings. The number of aryl methyl sites for hydroxylation is 1. The fraction of sp³-hybridized carbons (Fsp3) is 0.286. The molecule has 0 saturated heterocycles. The minimum absolute atomic E-state index is 0.166. The largest absolute Gasteiger partial charge is 0.494 e. The molecule has 0 aliphatic rings. The number of benzene rings is 1. The Balaban J connectivity index is 2.61. The number of hydrogen-bond acceptors (Lipinski definition) is 4. The lowest BCUT2D eigenvalue weighted by Crippen LogP contribution is -2.04. The van der Waals surface area contributed by atoms with Crippen LogP contribution < -0.4 is 9.47 Å². The molecule has 0 bridgehead atoms. The van der Waals surface area contributed by atoms with Gasteiger partial charge < -0.3 is 14.6 Å². The lowest BCUT2D eigenvalue weighted by molar-refractivity contribution is 0.0696. The van der Waals surface area contributed by atoms with E-state index < -0.39 is 5.97 Å². The second kappa shape index (κ2) is 5.24. The predicted molar refractivity (Wildman–Crippen MR) is 73.1 cm³/mol. The third-order valence-electron chi connectivity index (χ3n) is 3.08. The van der Waals surface area contributed by atoms with Crippen LogP contribution in [0.2, 0.25) is 0 Å². The summed E-state index contributed by atoms with van der Waals surface area (Å²) in [5, 5.41) is 13.4. The smallest absolute Gasteiger partial charge is 0.335 e. The lowest BCUT2D eigenvalue weighted by atomic mass is 10.2. The third kappa shape index (κ3) is 2.20. The first-order valence-electron chi connectivity index (χ1n) is 6.01. The molecule has 0 atom stereocenters. The fourth-order valence-corrected chi connectivity index (χ4v) is 2.14. The van der Waals surface area contributed by atoms with Crippen LogP contribution in [0.1, 0.15) is 21.7 Å². The van der Waals surface area contributed by atoms with Crippen molar-refractivity contribution in [3.63, 3.8) is 0 Å². The monoisotopic (exact) mass is 276 g/mol. The highest BCUT2D eigenvalue weighted by molar-refractivity contribution is 5.88. The van der Waals surface area contributed by atoms with Gasteiger partial charge in [-0.15, -0.1) is 0 Å². The van der Waals surface area contributed by atoms with Crippen molar-refractivity contribution in [1.29, 1.82) is 0 Å². The summed E-state index contributed by atoms with van der Waals surface area (Å²) < 4.78 is 12.2. The molecule has 20 heavy (non-hydrogen) atoms. The van der Waals surface area contributed by atoms with Crippen molar-refractivity contribution in [2.45, 2.75) is 13.8 Å². The van der Waals surface area contributed by atoms with E-state index in [9.17, 15) is 4.79 Å². The van der Waals surface area contributed by atoms with Crippen LogP contribution in [0.25, 0.3) is 5.69 Å². The molecule has 1 aromatic carbocycles. The van der Waals surface area contributed by atoms with Crippen molar-refractivity contribution in [3.8, 4) is 17.2 Å². The molecular formula is C14H16N2O4. The van der Waals surface area contributed by atoms with E-state index in [1.807, 2.05) is 13.8 Å². The van der Waals surface area contributed by atoms with E-state index >= 15 is 0 Å². The first-order valence-corrected chi connectivity index (χ1v) is 6.01. The van der Waals surface area contributed by atoms with Crippen LogP contribution in [0, 0.1) is 13.8 Å². The summed E-state index contributed by atoms with van der Waals surface area (Å²) in [6.07, 6.45) is 0. The van der Waals surface area contributed by atoms with E-state index in [-0.39, 0.29) is 5.56 Å². The van der Waals surface area contributed by atoms with Gasteiger partial charge in [-0.25, -0.2) is 9.48 Å². The van der Waals surface area contributed by atoms with Crippen LogP contribution in [0.4, 0.5) is 0 Å². The predicted octanol–water partition coefficient (Wildman–Crippen LogP) is 2.20. The highest BCUT2D eigenvalue weighted by atomic mass is 16.5. The number of aromatic nitrogens is 2. The summed E-state index contributed by atoms with van der Waals surface area (Å²) in [5.41, 5.74) is 2.42. The van der Waals surface area contributed by atoms with Gasteiger partial charge in [-0.2, -0.15) is 5.10 Å². The summed E-state index contributed by atoms with van der Waals surface area (Å²) in [6, 6.07) is 4.66. The van der Waals surface area contributed by atoms with Crippen LogP contribution in [0.3, 0.4) is 0 Å². The first-order chi connectivity index (χ1) is 9.49. The third-order valence-corrected chi connectivity index (χ3v) is 3.08. The van der Waals surface area contributed by atoms with Crippen molar-refractivity contribution in [2.24, 2.45) is 0 Å². The number of aromatic carboxylic acids is 1. The van der Waals surface area contributed by atoms with Gasteiger partial charge in [-0.3, -0.25) is 0 Å². The Morgan fingerprint density at radius 2 is 1.95 bits per heavy atom. The van der Waals surface area contributed by atoms with Gasteiger partial charge in [0.05, 0.1) is 25.5 Å². The molecule has 0 unspecified atom stereocenters. The van der Waals surface area contributed by atoms with E-state index in [1.54, 1.807) is 17.9 Å². The van der Waals surface area contributed by atoms with Gasteiger partial charge in [0.15, 0.2) is 5.75 Å². The Labute approximate surface area is 116 Å². The summed E-state index contributed by atoms with van der Waals surface area (Å²) in [4.78, 5) is 11.0. The Kier molecular flexibility index (Phi) is 3.65. The lowest BCUT2D eigenvalue weighted by Gasteiger charge is -2.11. The number of nitrogens with zero attached hydrogens (tertiary/aromatic N) is 2. The number of carboxylic acid groups (broad SMARTS) is 1. The number of rotatable bonds is 4. The molecule has 6 heteroatoms. The topological polar surface area (TPSA) is 73.6 Å².